The van der Waals surface area contributed by atoms with Crippen molar-refractivity contribution in [3.8, 4) is 5.75 Å². The molecule has 0 radical (unpaired) electrons. The predicted octanol–water partition coefficient (Wildman–Crippen LogP) is 2.40. The zero-order valence-electron chi connectivity index (χ0n) is 14.0. The molecule has 8 heteroatoms. The standard InChI is InChI=1S/C17H18ClNO5S/c1-9-10(2)17(20)24-15-12(9)5-14(18)16-13(15)6-19(8-23-16)11-3-4-25(21,22)7-11/h5,11H,3-4,6-8H2,1-2H3/t11-/m1/s1. The quantitative estimate of drug-likeness (QED) is 0.704. The zero-order chi connectivity index (χ0) is 17.9. The molecule has 2 aliphatic heterocycles. The van der Waals surface area contributed by atoms with Gasteiger partial charge in [-0.25, -0.2) is 13.2 Å². The molecule has 0 aliphatic carbocycles. The van der Waals surface area contributed by atoms with Gasteiger partial charge >= 0.3 is 5.63 Å². The van der Waals surface area contributed by atoms with Crippen LogP contribution in [0.15, 0.2) is 15.3 Å². The maximum absolute atomic E-state index is 12.1. The van der Waals surface area contributed by atoms with Crippen LogP contribution in [0.5, 0.6) is 5.75 Å². The zero-order valence-corrected chi connectivity index (χ0v) is 15.5. The lowest BCUT2D eigenvalue weighted by atomic mass is 10.0. The van der Waals surface area contributed by atoms with Gasteiger partial charge in [-0.15, -0.1) is 0 Å². The van der Waals surface area contributed by atoms with E-state index < -0.39 is 9.84 Å². The molecule has 134 valence electrons. The number of halogens is 1. The molecule has 0 saturated carbocycles. The summed E-state index contributed by atoms with van der Waals surface area (Å²) < 4.78 is 34.9. The lowest BCUT2D eigenvalue weighted by Crippen LogP contribution is -2.41. The van der Waals surface area contributed by atoms with E-state index in [2.05, 4.69) is 0 Å². The molecule has 4 rings (SSSR count). The first kappa shape index (κ1) is 16.9. The molecule has 1 atom stereocenters. The molecule has 1 saturated heterocycles. The molecule has 0 N–H and O–H groups in total. The Morgan fingerprint density at radius 3 is 2.72 bits per heavy atom. The third kappa shape index (κ3) is 2.74. The molecular formula is C17H18ClNO5S. The van der Waals surface area contributed by atoms with E-state index in [1.807, 2.05) is 11.8 Å². The third-order valence-corrected chi connectivity index (χ3v) is 7.24. The summed E-state index contributed by atoms with van der Waals surface area (Å²) in [5, 5.41) is 1.25. The van der Waals surface area contributed by atoms with Gasteiger partial charge in [0, 0.05) is 23.5 Å². The van der Waals surface area contributed by atoms with Crippen molar-refractivity contribution in [3.63, 3.8) is 0 Å². The highest BCUT2D eigenvalue weighted by Gasteiger charge is 2.35. The topological polar surface area (TPSA) is 76.8 Å². The Bertz CT molecular complexity index is 1040. The second-order valence-electron chi connectivity index (χ2n) is 6.76. The summed E-state index contributed by atoms with van der Waals surface area (Å²) in [6.07, 6.45) is 0.585. The Morgan fingerprint density at radius 2 is 2.04 bits per heavy atom. The van der Waals surface area contributed by atoms with E-state index in [0.29, 0.717) is 40.4 Å². The summed E-state index contributed by atoms with van der Waals surface area (Å²) in [5.41, 5.74) is 2.18. The van der Waals surface area contributed by atoms with E-state index >= 15 is 0 Å². The number of rotatable bonds is 1. The lowest BCUT2D eigenvalue weighted by molar-refractivity contribution is 0.0649. The maximum Gasteiger partial charge on any atom is 0.339 e. The molecule has 2 aliphatic rings. The summed E-state index contributed by atoms with van der Waals surface area (Å²) in [7, 11) is -2.99. The smallest absolute Gasteiger partial charge is 0.339 e. The molecule has 0 spiro atoms. The minimum atomic E-state index is -2.99. The Labute approximate surface area is 150 Å². The Balaban J connectivity index is 1.83. The highest BCUT2D eigenvalue weighted by molar-refractivity contribution is 7.91. The second kappa shape index (κ2) is 5.72. The van der Waals surface area contributed by atoms with E-state index in [0.717, 1.165) is 10.9 Å². The number of fused-ring (bicyclic) bond motifs is 3. The number of benzene rings is 1. The van der Waals surface area contributed by atoms with Crippen LogP contribution in [0.1, 0.15) is 23.1 Å². The van der Waals surface area contributed by atoms with Crippen LogP contribution in [0.3, 0.4) is 0 Å². The van der Waals surface area contributed by atoms with Crippen molar-refractivity contribution in [2.45, 2.75) is 32.9 Å². The Hall–Kier alpha value is -1.57. The largest absolute Gasteiger partial charge is 0.476 e. The van der Waals surface area contributed by atoms with Gasteiger partial charge in [-0.3, -0.25) is 4.90 Å². The molecule has 0 amide bonds. The van der Waals surface area contributed by atoms with E-state index in [-0.39, 0.29) is 29.9 Å². The molecule has 3 heterocycles. The molecule has 0 bridgehead atoms. The molecule has 6 nitrogen and oxygen atoms in total. The van der Waals surface area contributed by atoms with Crippen molar-refractivity contribution in [1.82, 2.24) is 4.90 Å². The van der Waals surface area contributed by atoms with Crippen molar-refractivity contribution >= 4 is 32.4 Å². The van der Waals surface area contributed by atoms with Crippen molar-refractivity contribution in [1.29, 1.82) is 0 Å². The Kier molecular flexibility index (Phi) is 3.86. The number of ether oxygens (including phenoxy) is 1. The first-order chi connectivity index (χ1) is 11.8. The average molecular weight is 384 g/mol. The number of sulfone groups is 1. The van der Waals surface area contributed by atoms with Gasteiger partial charge in [-0.2, -0.15) is 0 Å². The van der Waals surface area contributed by atoms with Crippen molar-refractivity contribution in [2.24, 2.45) is 0 Å². The second-order valence-corrected chi connectivity index (χ2v) is 9.40. The van der Waals surface area contributed by atoms with Gasteiger partial charge in [0.15, 0.2) is 9.84 Å². The molecular weight excluding hydrogens is 366 g/mol. The van der Waals surface area contributed by atoms with Crippen molar-refractivity contribution < 1.29 is 17.6 Å². The van der Waals surface area contributed by atoms with Crippen LogP contribution in [0.4, 0.5) is 0 Å². The molecule has 1 fully saturated rings. The van der Waals surface area contributed by atoms with Crippen LogP contribution < -0.4 is 10.4 Å². The summed E-state index contributed by atoms with van der Waals surface area (Å²) in [6.45, 7) is 4.30. The number of nitrogens with zero attached hydrogens (tertiary/aromatic N) is 1. The summed E-state index contributed by atoms with van der Waals surface area (Å²) in [4.78, 5) is 14.1. The number of aryl methyl sites for hydroxylation is 1. The van der Waals surface area contributed by atoms with Crippen LogP contribution in [0.25, 0.3) is 11.0 Å². The van der Waals surface area contributed by atoms with Gasteiger partial charge in [0.2, 0.25) is 0 Å². The fourth-order valence-corrected chi connectivity index (χ4v) is 5.62. The SMILES string of the molecule is Cc1c(C)c2cc(Cl)c3c(c2oc1=O)CN([C@@H]1CCS(=O)(=O)C1)CO3. The predicted molar refractivity (Wildman–Crippen MR) is 95.1 cm³/mol. The van der Waals surface area contributed by atoms with Crippen LogP contribution >= 0.6 is 11.6 Å². The van der Waals surface area contributed by atoms with Crippen LogP contribution in [-0.2, 0) is 16.4 Å². The van der Waals surface area contributed by atoms with E-state index in [9.17, 15) is 13.2 Å². The summed E-state index contributed by atoms with van der Waals surface area (Å²) in [6, 6.07) is 1.67. The first-order valence-electron chi connectivity index (χ1n) is 8.09. The molecule has 0 unspecified atom stereocenters. The molecule has 25 heavy (non-hydrogen) atoms. The normalized spacial score (nSPS) is 22.8. The summed E-state index contributed by atoms with van der Waals surface area (Å²) >= 11 is 6.38. The van der Waals surface area contributed by atoms with E-state index in [1.54, 1.807) is 13.0 Å². The van der Waals surface area contributed by atoms with Crippen LogP contribution in [-0.4, -0.2) is 37.6 Å². The fourth-order valence-electron chi connectivity index (χ4n) is 3.58. The maximum atomic E-state index is 12.1. The minimum Gasteiger partial charge on any atom is -0.476 e. The minimum absolute atomic E-state index is 0.0922. The van der Waals surface area contributed by atoms with E-state index in [4.69, 9.17) is 20.8 Å². The van der Waals surface area contributed by atoms with Crippen LogP contribution in [0, 0.1) is 13.8 Å². The number of hydrogen-bond donors (Lipinski definition) is 0. The molecule has 1 aromatic heterocycles. The van der Waals surface area contributed by atoms with Crippen LogP contribution in [0.2, 0.25) is 5.02 Å². The lowest BCUT2D eigenvalue weighted by Gasteiger charge is -2.33. The molecule has 2 aromatic rings. The van der Waals surface area contributed by atoms with Gasteiger partial charge in [0.1, 0.15) is 18.1 Å². The van der Waals surface area contributed by atoms with Crippen molar-refractivity contribution in [3.05, 3.63) is 38.2 Å². The fraction of sp³-hybridized carbons (Fsp3) is 0.471. The van der Waals surface area contributed by atoms with E-state index in [1.165, 1.54) is 0 Å². The summed E-state index contributed by atoms with van der Waals surface area (Å²) in [5.74, 6) is 0.842. The number of hydrogen-bond acceptors (Lipinski definition) is 6. The highest BCUT2D eigenvalue weighted by atomic mass is 35.5. The van der Waals surface area contributed by atoms with Gasteiger partial charge in [0.05, 0.1) is 22.1 Å². The van der Waals surface area contributed by atoms with Gasteiger partial charge in [-0.05, 0) is 31.9 Å². The molecule has 1 aromatic carbocycles. The highest BCUT2D eigenvalue weighted by Crippen LogP contribution is 2.40. The van der Waals surface area contributed by atoms with Crippen molar-refractivity contribution in [2.75, 3.05) is 18.2 Å². The third-order valence-electron chi connectivity index (χ3n) is 5.21. The average Bonchev–Trinajstić information content (AvgIpc) is 2.94. The van der Waals surface area contributed by atoms with Gasteiger partial charge in [0.25, 0.3) is 0 Å². The monoisotopic (exact) mass is 383 g/mol. The van der Waals surface area contributed by atoms with Gasteiger partial charge < -0.3 is 9.15 Å². The first-order valence-corrected chi connectivity index (χ1v) is 10.3. The Morgan fingerprint density at radius 1 is 1.28 bits per heavy atom. The van der Waals surface area contributed by atoms with Gasteiger partial charge in [-0.1, -0.05) is 11.6 Å².